The smallest absolute Gasteiger partial charge is 0.224 e. The van der Waals surface area contributed by atoms with E-state index in [4.69, 9.17) is 0 Å². The molecule has 0 aromatic rings. The van der Waals surface area contributed by atoms with Crippen molar-refractivity contribution in [1.29, 1.82) is 0 Å². The highest BCUT2D eigenvalue weighted by atomic mass is 16.2. The molecule has 1 fully saturated rings. The Bertz CT molecular complexity index is 1450. The SMILES string of the molecule is CNCCNCCNCCNCCNC(=O)CCC(=O)NCCNCCNCCNCCNC(=O)C1C2C=CC(C2)C1C(=O)NCCNCCNCCNCCNC(=O)CCC(=O)NCCNCCNCCNCCNC. The van der Waals surface area contributed by atoms with Crippen molar-refractivity contribution in [2.75, 3.05) is 224 Å². The third-order valence-electron chi connectivity index (χ3n) is 12.9. The minimum atomic E-state index is -0.356. The summed E-state index contributed by atoms with van der Waals surface area (Å²) in [6.45, 7) is 23.8. The first-order valence-corrected chi connectivity index (χ1v) is 28.8. The van der Waals surface area contributed by atoms with E-state index in [9.17, 15) is 28.8 Å². The zero-order valence-electron chi connectivity index (χ0n) is 47.1. The number of carbonyl (C=O) groups excluding carboxylic acids is 6. The lowest BCUT2D eigenvalue weighted by molar-refractivity contribution is -0.135. The van der Waals surface area contributed by atoms with Gasteiger partial charge in [-0.3, -0.25) is 28.8 Å². The van der Waals surface area contributed by atoms with Crippen LogP contribution in [0, 0.1) is 23.7 Å². The molecular formula is C51H106N20O6. The predicted octanol–water partition coefficient (Wildman–Crippen LogP) is -7.80. The summed E-state index contributed by atoms with van der Waals surface area (Å²) in [5.41, 5.74) is 0. The Balaban J connectivity index is 1.34. The molecule has 0 aromatic heterocycles. The molecule has 2 bridgehead atoms. The normalized spacial score (nSPS) is 16.4. The molecule has 26 heteroatoms. The van der Waals surface area contributed by atoms with Crippen LogP contribution in [0.5, 0.6) is 0 Å². The van der Waals surface area contributed by atoms with Crippen molar-refractivity contribution in [1.82, 2.24) is 106 Å². The Morgan fingerprint density at radius 3 is 0.662 bits per heavy atom. The summed E-state index contributed by atoms with van der Waals surface area (Å²) < 4.78 is 0. The van der Waals surface area contributed by atoms with Gasteiger partial charge in [-0.25, -0.2) is 0 Å². The molecule has 2 aliphatic rings. The van der Waals surface area contributed by atoms with E-state index in [1.54, 1.807) is 0 Å². The fourth-order valence-electron chi connectivity index (χ4n) is 8.63. The monoisotopic (exact) mass is 1090 g/mol. The van der Waals surface area contributed by atoms with E-state index in [1.165, 1.54) is 0 Å². The summed E-state index contributed by atoms with van der Waals surface area (Å²) in [5.74, 6) is -1.19. The van der Waals surface area contributed by atoms with Crippen LogP contribution in [0.25, 0.3) is 0 Å². The molecule has 4 atom stereocenters. The number of amides is 6. The van der Waals surface area contributed by atoms with E-state index in [-0.39, 0.29) is 84.8 Å². The van der Waals surface area contributed by atoms with Gasteiger partial charge in [0.15, 0.2) is 0 Å². The van der Waals surface area contributed by atoms with Gasteiger partial charge in [-0.1, -0.05) is 12.2 Å². The van der Waals surface area contributed by atoms with E-state index in [1.807, 2.05) is 14.1 Å². The van der Waals surface area contributed by atoms with Crippen molar-refractivity contribution in [3.05, 3.63) is 12.2 Å². The maximum atomic E-state index is 13.3. The highest BCUT2D eigenvalue weighted by molar-refractivity contribution is 5.90. The third kappa shape index (κ3) is 39.1. The molecule has 0 heterocycles. The molecule has 0 spiro atoms. The van der Waals surface area contributed by atoms with Gasteiger partial charge < -0.3 is 106 Å². The van der Waals surface area contributed by atoms with Crippen LogP contribution >= 0.6 is 0 Å². The molecule has 446 valence electrons. The van der Waals surface area contributed by atoms with Crippen LogP contribution in [0.4, 0.5) is 0 Å². The Hall–Kier alpha value is -4.00. The van der Waals surface area contributed by atoms with Crippen molar-refractivity contribution < 1.29 is 28.8 Å². The number of hydrogen-bond acceptors (Lipinski definition) is 20. The fraction of sp³-hybridized carbons (Fsp3) is 0.843. The number of allylic oxidation sites excluding steroid dienone is 2. The van der Waals surface area contributed by atoms with Crippen molar-refractivity contribution in [3.8, 4) is 0 Å². The Morgan fingerprint density at radius 1 is 0.273 bits per heavy atom. The Labute approximate surface area is 460 Å². The van der Waals surface area contributed by atoms with Crippen molar-refractivity contribution in [3.63, 3.8) is 0 Å². The van der Waals surface area contributed by atoms with Crippen LogP contribution in [0.1, 0.15) is 32.1 Å². The van der Waals surface area contributed by atoms with Gasteiger partial charge in [-0.2, -0.15) is 0 Å². The molecule has 1 saturated carbocycles. The van der Waals surface area contributed by atoms with E-state index in [0.29, 0.717) is 78.5 Å². The second-order valence-corrected chi connectivity index (χ2v) is 19.2. The fourth-order valence-corrected chi connectivity index (χ4v) is 8.63. The number of fused-ring (bicyclic) bond motifs is 2. The molecule has 6 amide bonds. The largest absolute Gasteiger partial charge is 0.355 e. The molecule has 2 rings (SSSR count). The summed E-state index contributed by atoms with van der Waals surface area (Å²) in [7, 11) is 3.87. The minimum absolute atomic E-state index is 0.0624. The lowest BCUT2D eigenvalue weighted by Gasteiger charge is -2.26. The average molecular weight is 1100 g/mol. The first-order chi connectivity index (χ1) is 37.8. The summed E-state index contributed by atoms with van der Waals surface area (Å²) in [5, 5.41) is 63.7. The third-order valence-corrected chi connectivity index (χ3v) is 12.9. The average Bonchev–Trinajstić information content (AvgIpc) is 4.09. The van der Waals surface area contributed by atoms with Gasteiger partial charge in [0.1, 0.15) is 0 Å². The number of hydrogen-bond donors (Lipinski definition) is 20. The quantitative estimate of drug-likeness (QED) is 0.0199. The van der Waals surface area contributed by atoms with E-state index in [0.717, 1.165) is 137 Å². The molecule has 77 heavy (non-hydrogen) atoms. The van der Waals surface area contributed by atoms with Crippen LogP contribution in [0.2, 0.25) is 0 Å². The first kappa shape index (κ1) is 69.1. The van der Waals surface area contributed by atoms with E-state index < -0.39 is 0 Å². The summed E-state index contributed by atoms with van der Waals surface area (Å²) >= 11 is 0. The lowest BCUT2D eigenvalue weighted by atomic mass is 9.81. The zero-order chi connectivity index (χ0) is 55.5. The van der Waals surface area contributed by atoms with Crippen molar-refractivity contribution in [2.24, 2.45) is 23.7 Å². The van der Waals surface area contributed by atoms with Crippen LogP contribution in [0.15, 0.2) is 12.2 Å². The minimum Gasteiger partial charge on any atom is -0.355 e. The number of carbonyl (C=O) groups is 6. The predicted molar refractivity (Wildman–Crippen MR) is 307 cm³/mol. The lowest BCUT2D eigenvalue weighted by Crippen LogP contribution is -2.46. The molecule has 26 nitrogen and oxygen atoms in total. The van der Waals surface area contributed by atoms with Gasteiger partial charge in [0.2, 0.25) is 35.4 Å². The first-order valence-electron chi connectivity index (χ1n) is 28.8. The zero-order valence-corrected chi connectivity index (χ0v) is 47.1. The summed E-state index contributed by atoms with van der Waals surface area (Å²) in [6, 6.07) is 0. The highest BCUT2D eigenvalue weighted by Gasteiger charge is 2.51. The molecular weight excluding hydrogens is 989 g/mol. The molecule has 0 saturated heterocycles. The topological polar surface area (TPSA) is 343 Å². The molecule has 4 unspecified atom stereocenters. The molecule has 2 aliphatic carbocycles. The maximum Gasteiger partial charge on any atom is 0.224 e. The number of nitrogens with one attached hydrogen (secondary N) is 20. The van der Waals surface area contributed by atoms with Crippen LogP contribution in [-0.2, 0) is 28.8 Å². The second-order valence-electron chi connectivity index (χ2n) is 19.2. The summed E-state index contributed by atoms with van der Waals surface area (Å²) in [4.78, 5) is 75.0. The number of rotatable bonds is 56. The van der Waals surface area contributed by atoms with E-state index >= 15 is 0 Å². The van der Waals surface area contributed by atoms with E-state index in [2.05, 4.69) is 118 Å². The Kier molecular flexibility index (Phi) is 45.1. The second kappa shape index (κ2) is 50.2. The number of likely N-dealkylation sites (N-methyl/N-ethyl adjacent to an activating group) is 2. The van der Waals surface area contributed by atoms with Gasteiger partial charge in [0, 0.05) is 235 Å². The molecule has 0 radical (unpaired) electrons. The molecule has 20 N–H and O–H groups in total. The van der Waals surface area contributed by atoms with Gasteiger partial charge in [-0.05, 0) is 32.4 Å². The van der Waals surface area contributed by atoms with Crippen LogP contribution in [0.3, 0.4) is 0 Å². The maximum absolute atomic E-state index is 13.3. The Morgan fingerprint density at radius 2 is 0.455 bits per heavy atom. The molecule has 0 aliphatic heterocycles. The standard InChI is InChI=1S/C51H106N20O6/c1-52-9-11-54-13-15-56-17-23-60-29-35-66-44(72)5-7-46(74)68-37-31-62-25-19-58-21-27-64-33-39-70-50(76)48-42-3-4-43(41-42)49(48)51(77)71-40-34-65-28-22-59-20-26-63-32-38-69-47(75)8-6-45(73)67-36-30-61-24-18-57-16-14-55-12-10-53-2/h3-4,42-43,48-49,52-65H,5-41H2,1-2H3,(H,66,72)(H,67,73)(H,68,74)(H,69,75)(H,70,76)(H,71,77). The van der Waals surface area contributed by atoms with Gasteiger partial charge in [-0.15, -0.1) is 0 Å². The molecule has 0 aromatic carbocycles. The van der Waals surface area contributed by atoms with Crippen LogP contribution in [-0.4, -0.2) is 259 Å². The van der Waals surface area contributed by atoms with Crippen molar-refractivity contribution in [2.45, 2.75) is 32.1 Å². The van der Waals surface area contributed by atoms with Crippen molar-refractivity contribution >= 4 is 35.4 Å². The highest BCUT2D eigenvalue weighted by Crippen LogP contribution is 2.48. The van der Waals surface area contributed by atoms with Gasteiger partial charge >= 0.3 is 0 Å². The van der Waals surface area contributed by atoms with Gasteiger partial charge in [0.05, 0.1) is 11.8 Å². The van der Waals surface area contributed by atoms with Crippen LogP contribution < -0.4 is 106 Å². The van der Waals surface area contributed by atoms with Gasteiger partial charge in [0.25, 0.3) is 0 Å². The summed E-state index contributed by atoms with van der Waals surface area (Å²) in [6.07, 6.45) is 5.68.